The average molecular weight is 328 g/mol. The Kier molecular flexibility index (Phi) is 4.37. The molecule has 122 valence electrons. The third-order valence-corrected chi connectivity index (χ3v) is 3.68. The number of aldehydes is 1. The number of aromatic nitrogens is 2. The number of carbonyl (C=O) groups is 1. The van der Waals surface area contributed by atoms with Crippen LogP contribution >= 0.6 is 0 Å². The lowest BCUT2D eigenvalue weighted by Crippen LogP contribution is -2.04. The number of para-hydroxylation sites is 1. The standard InChI is InChI=1S/C18H14F2N2O2/c1-12-16(10-21-22(12)15-5-3-2-4-6-15)13-7-8-14(11-23)17(9-13)24-18(19)20/h2-11,18H,1H3. The van der Waals surface area contributed by atoms with Gasteiger partial charge in [-0.25, -0.2) is 4.68 Å². The van der Waals surface area contributed by atoms with Crippen molar-refractivity contribution in [2.45, 2.75) is 13.5 Å². The molecule has 0 bridgehead atoms. The van der Waals surface area contributed by atoms with E-state index in [-0.39, 0.29) is 11.3 Å². The highest BCUT2D eigenvalue weighted by atomic mass is 19.3. The van der Waals surface area contributed by atoms with E-state index >= 15 is 0 Å². The van der Waals surface area contributed by atoms with Crippen molar-refractivity contribution < 1.29 is 18.3 Å². The van der Waals surface area contributed by atoms with E-state index in [0.717, 1.165) is 16.9 Å². The van der Waals surface area contributed by atoms with Crippen LogP contribution in [0.15, 0.2) is 54.7 Å². The number of ether oxygens (including phenoxy) is 1. The minimum absolute atomic E-state index is 0.0761. The molecule has 2 aromatic carbocycles. The number of carbonyl (C=O) groups excluding carboxylic acids is 1. The lowest BCUT2D eigenvalue weighted by Gasteiger charge is -2.10. The van der Waals surface area contributed by atoms with Crippen LogP contribution in [0.25, 0.3) is 16.8 Å². The quantitative estimate of drug-likeness (QED) is 0.657. The number of benzene rings is 2. The normalized spacial score (nSPS) is 10.8. The van der Waals surface area contributed by atoms with E-state index in [0.29, 0.717) is 11.8 Å². The molecule has 0 N–H and O–H groups in total. The predicted molar refractivity (Wildman–Crippen MR) is 85.8 cm³/mol. The summed E-state index contributed by atoms with van der Waals surface area (Å²) in [5.74, 6) is -0.149. The molecule has 3 aromatic rings. The Labute approximate surface area is 137 Å². The zero-order valence-corrected chi connectivity index (χ0v) is 12.8. The maximum absolute atomic E-state index is 12.5. The Morgan fingerprint density at radius 1 is 1.17 bits per heavy atom. The number of nitrogens with zero attached hydrogens (tertiary/aromatic N) is 2. The Morgan fingerprint density at radius 2 is 1.92 bits per heavy atom. The second-order valence-corrected chi connectivity index (χ2v) is 5.14. The first-order valence-corrected chi connectivity index (χ1v) is 7.24. The van der Waals surface area contributed by atoms with Crippen LogP contribution in [0, 0.1) is 6.92 Å². The van der Waals surface area contributed by atoms with E-state index in [1.54, 1.807) is 16.9 Å². The molecule has 0 unspecified atom stereocenters. The number of hydrogen-bond donors (Lipinski definition) is 0. The van der Waals surface area contributed by atoms with Crippen LogP contribution < -0.4 is 4.74 Å². The van der Waals surface area contributed by atoms with Crippen LogP contribution in [0.5, 0.6) is 5.75 Å². The fourth-order valence-electron chi connectivity index (χ4n) is 2.52. The molecular weight excluding hydrogens is 314 g/mol. The van der Waals surface area contributed by atoms with Gasteiger partial charge in [-0.15, -0.1) is 0 Å². The van der Waals surface area contributed by atoms with E-state index < -0.39 is 6.61 Å². The highest BCUT2D eigenvalue weighted by molar-refractivity contribution is 5.82. The van der Waals surface area contributed by atoms with Gasteiger partial charge in [-0.05, 0) is 36.8 Å². The second-order valence-electron chi connectivity index (χ2n) is 5.14. The predicted octanol–water partition coefficient (Wildman–Crippen LogP) is 4.26. The number of rotatable bonds is 5. The molecule has 0 atom stereocenters. The molecule has 0 fully saturated rings. The highest BCUT2D eigenvalue weighted by Gasteiger charge is 2.14. The molecule has 0 saturated carbocycles. The summed E-state index contributed by atoms with van der Waals surface area (Å²) >= 11 is 0. The Balaban J connectivity index is 2.04. The van der Waals surface area contributed by atoms with Crippen molar-refractivity contribution in [1.82, 2.24) is 9.78 Å². The maximum atomic E-state index is 12.5. The van der Waals surface area contributed by atoms with E-state index in [9.17, 15) is 13.6 Å². The fourth-order valence-corrected chi connectivity index (χ4v) is 2.52. The lowest BCUT2D eigenvalue weighted by molar-refractivity contribution is -0.0500. The molecular formula is C18H14F2N2O2. The minimum Gasteiger partial charge on any atom is -0.434 e. The largest absolute Gasteiger partial charge is 0.434 e. The summed E-state index contributed by atoms with van der Waals surface area (Å²) in [5.41, 5.74) is 3.25. The van der Waals surface area contributed by atoms with Crippen LogP contribution in [0.4, 0.5) is 8.78 Å². The monoisotopic (exact) mass is 328 g/mol. The summed E-state index contributed by atoms with van der Waals surface area (Å²) in [6.07, 6.45) is 2.14. The molecule has 0 aliphatic rings. The lowest BCUT2D eigenvalue weighted by atomic mass is 10.0. The van der Waals surface area contributed by atoms with Crippen molar-refractivity contribution in [2.75, 3.05) is 0 Å². The van der Waals surface area contributed by atoms with Gasteiger partial charge in [-0.3, -0.25) is 4.79 Å². The molecule has 0 saturated heterocycles. The molecule has 24 heavy (non-hydrogen) atoms. The molecule has 6 heteroatoms. The topological polar surface area (TPSA) is 44.1 Å². The van der Waals surface area contributed by atoms with Gasteiger partial charge in [0.25, 0.3) is 0 Å². The minimum atomic E-state index is -2.99. The third kappa shape index (κ3) is 3.03. The van der Waals surface area contributed by atoms with Crippen molar-refractivity contribution in [1.29, 1.82) is 0 Å². The maximum Gasteiger partial charge on any atom is 0.387 e. The summed E-state index contributed by atoms with van der Waals surface area (Å²) in [6.45, 7) is -1.11. The summed E-state index contributed by atoms with van der Waals surface area (Å²) in [7, 11) is 0. The van der Waals surface area contributed by atoms with E-state index in [2.05, 4.69) is 9.84 Å². The Morgan fingerprint density at radius 3 is 2.58 bits per heavy atom. The van der Waals surface area contributed by atoms with E-state index in [1.165, 1.54) is 12.1 Å². The van der Waals surface area contributed by atoms with Crippen molar-refractivity contribution in [3.63, 3.8) is 0 Å². The first kappa shape index (κ1) is 15.9. The van der Waals surface area contributed by atoms with Crippen LogP contribution in [-0.2, 0) is 0 Å². The van der Waals surface area contributed by atoms with Crippen molar-refractivity contribution >= 4 is 6.29 Å². The van der Waals surface area contributed by atoms with Gasteiger partial charge in [0.2, 0.25) is 0 Å². The number of hydrogen-bond acceptors (Lipinski definition) is 3. The number of alkyl halides is 2. The van der Waals surface area contributed by atoms with Gasteiger partial charge in [-0.1, -0.05) is 24.3 Å². The number of halogens is 2. The van der Waals surface area contributed by atoms with Crippen molar-refractivity contribution in [3.8, 4) is 22.6 Å². The zero-order chi connectivity index (χ0) is 17.1. The van der Waals surface area contributed by atoms with Gasteiger partial charge in [0, 0.05) is 11.3 Å². The molecule has 3 rings (SSSR count). The van der Waals surface area contributed by atoms with Crippen LogP contribution in [0.2, 0.25) is 0 Å². The summed E-state index contributed by atoms with van der Waals surface area (Å²) < 4.78 is 31.2. The van der Waals surface area contributed by atoms with Crippen molar-refractivity contribution in [3.05, 3.63) is 66.0 Å². The van der Waals surface area contributed by atoms with Crippen LogP contribution in [-0.4, -0.2) is 22.7 Å². The Bertz CT molecular complexity index is 861. The molecule has 0 radical (unpaired) electrons. The van der Waals surface area contributed by atoms with Gasteiger partial charge in [-0.2, -0.15) is 13.9 Å². The zero-order valence-electron chi connectivity index (χ0n) is 12.8. The average Bonchev–Trinajstić information content (AvgIpc) is 2.96. The first-order valence-electron chi connectivity index (χ1n) is 7.24. The second kappa shape index (κ2) is 6.62. The summed E-state index contributed by atoms with van der Waals surface area (Å²) in [5, 5.41) is 4.35. The summed E-state index contributed by atoms with van der Waals surface area (Å²) in [6, 6.07) is 14.1. The van der Waals surface area contributed by atoms with Gasteiger partial charge < -0.3 is 4.74 Å². The molecule has 0 spiro atoms. The molecule has 0 aliphatic heterocycles. The van der Waals surface area contributed by atoms with E-state index in [1.807, 2.05) is 37.3 Å². The van der Waals surface area contributed by atoms with Crippen molar-refractivity contribution in [2.24, 2.45) is 0 Å². The smallest absolute Gasteiger partial charge is 0.387 e. The van der Waals surface area contributed by atoms with Gasteiger partial charge in [0.05, 0.1) is 17.4 Å². The van der Waals surface area contributed by atoms with Gasteiger partial charge in [0.15, 0.2) is 6.29 Å². The van der Waals surface area contributed by atoms with Crippen LogP contribution in [0.3, 0.4) is 0 Å². The van der Waals surface area contributed by atoms with Gasteiger partial charge >= 0.3 is 6.61 Å². The van der Waals surface area contributed by atoms with Crippen LogP contribution in [0.1, 0.15) is 16.1 Å². The highest BCUT2D eigenvalue weighted by Crippen LogP contribution is 2.30. The molecule has 4 nitrogen and oxygen atoms in total. The Hall–Kier alpha value is -3.02. The molecule has 0 aliphatic carbocycles. The van der Waals surface area contributed by atoms with E-state index in [4.69, 9.17) is 0 Å². The third-order valence-electron chi connectivity index (χ3n) is 3.68. The summed E-state index contributed by atoms with van der Waals surface area (Å²) in [4.78, 5) is 11.0. The molecule has 1 aromatic heterocycles. The fraction of sp³-hybridized carbons (Fsp3) is 0.111. The van der Waals surface area contributed by atoms with Gasteiger partial charge in [0.1, 0.15) is 5.75 Å². The molecule has 1 heterocycles. The first-order chi connectivity index (χ1) is 11.6. The molecule has 0 amide bonds. The SMILES string of the molecule is Cc1c(-c2ccc(C=O)c(OC(F)F)c2)cnn1-c1ccccc1.